The fourth-order valence-electron chi connectivity index (χ4n) is 4.86. The highest BCUT2D eigenvalue weighted by molar-refractivity contribution is 5.82. The van der Waals surface area contributed by atoms with Gasteiger partial charge in [-0.05, 0) is 90.9 Å². The van der Waals surface area contributed by atoms with Crippen LogP contribution in [-0.4, -0.2) is 6.54 Å². The van der Waals surface area contributed by atoms with Crippen LogP contribution in [0.25, 0.3) is 11.1 Å². The smallest absolute Gasteiger partial charge is 0.0440 e. The molecule has 0 amide bonds. The molecule has 0 saturated heterocycles. The molecular weight excluding hydrogens is 388 g/mol. The van der Waals surface area contributed by atoms with Crippen molar-refractivity contribution < 1.29 is 0 Å². The largest absolute Gasteiger partial charge is 0.381 e. The van der Waals surface area contributed by atoms with Crippen LogP contribution in [0, 0.1) is 13.8 Å². The molecule has 2 nitrogen and oxygen atoms in total. The van der Waals surface area contributed by atoms with Gasteiger partial charge in [-0.3, -0.25) is 0 Å². The molecule has 1 N–H and O–H groups in total. The van der Waals surface area contributed by atoms with Gasteiger partial charge in [0.25, 0.3) is 0 Å². The van der Waals surface area contributed by atoms with Crippen molar-refractivity contribution in [2.75, 3.05) is 16.8 Å². The second kappa shape index (κ2) is 8.55. The number of benzene rings is 4. The third-order valence-electron chi connectivity index (χ3n) is 6.48. The number of rotatable bonds is 6. The van der Waals surface area contributed by atoms with Crippen molar-refractivity contribution in [3.63, 3.8) is 0 Å². The van der Waals surface area contributed by atoms with Crippen molar-refractivity contribution in [3.05, 3.63) is 113 Å². The molecule has 160 valence electrons. The Hall–Kier alpha value is -3.52. The predicted molar refractivity (Wildman–Crippen MR) is 137 cm³/mol. The van der Waals surface area contributed by atoms with E-state index in [2.05, 4.69) is 116 Å². The Morgan fingerprint density at radius 3 is 2.41 bits per heavy atom. The van der Waals surface area contributed by atoms with E-state index in [4.69, 9.17) is 0 Å². The van der Waals surface area contributed by atoms with Gasteiger partial charge in [0, 0.05) is 30.2 Å². The Bertz CT molecular complexity index is 1260. The molecule has 4 aromatic carbocycles. The fourth-order valence-corrected chi connectivity index (χ4v) is 4.86. The molecule has 32 heavy (non-hydrogen) atoms. The maximum atomic E-state index is 3.58. The number of aryl methyl sites for hydroxylation is 2. The van der Waals surface area contributed by atoms with E-state index < -0.39 is 0 Å². The minimum Gasteiger partial charge on any atom is -0.381 e. The zero-order valence-corrected chi connectivity index (χ0v) is 19.2. The second-order valence-corrected chi connectivity index (χ2v) is 8.76. The molecule has 0 aromatic heterocycles. The molecule has 0 atom stereocenters. The molecule has 2 heteroatoms. The Balaban J connectivity index is 1.42. The SMILES string of the molecule is CCN(c1ccc2c(c1)-c1ccc(NCc3ccccc3)cc1C2)c1ccc(C)cc1C. The minimum absolute atomic E-state index is 0.845. The molecular formula is C30H30N2. The van der Waals surface area contributed by atoms with E-state index in [1.165, 1.54) is 56.0 Å². The fraction of sp³-hybridized carbons (Fsp3) is 0.200. The predicted octanol–water partition coefficient (Wildman–Crippen LogP) is 7.64. The van der Waals surface area contributed by atoms with Crippen molar-refractivity contribution in [1.82, 2.24) is 0 Å². The van der Waals surface area contributed by atoms with Crippen molar-refractivity contribution in [1.29, 1.82) is 0 Å². The van der Waals surface area contributed by atoms with E-state index in [1.54, 1.807) is 0 Å². The summed E-state index contributed by atoms with van der Waals surface area (Å²) in [5, 5.41) is 3.58. The summed E-state index contributed by atoms with van der Waals surface area (Å²) in [4.78, 5) is 2.42. The van der Waals surface area contributed by atoms with Crippen LogP contribution in [0.15, 0.2) is 84.9 Å². The lowest BCUT2D eigenvalue weighted by atomic mass is 10.0. The highest BCUT2D eigenvalue weighted by Gasteiger charge is 2.21. The topological polar surface area (TPSA) is 15.3 Å². The summed E-state index contributed by atoms with van der Waals surface area (Å²) in [6, 6.07) is 31.1. The minimum atomic E-state index is 0.845. The Morgan fingerprint density at radius 2 is 1.62 bits per heavy atom. The van der Waals surface area contributed by atoms with Gasteiger partial charge < -0.3 is 10.2 Å². The van der Waals surface area contributed by atoms with Gasteiger partial charge in [0.15, 0.2) is 0 Å². The molecule has 0 fully saturated rings. The Morgan fingerprint density at radius 1 is 0.781 bits per heavy atom. The van der Waals surface area contributed by atoms with Gasteiger partial charge in [-0.25, -0.2) is 0 Å². The van der Waals surface area contributed by atoms with Crippen molar-refractivity contribution in [2.24, 2.45) is 0 Å². The van der Waals surface area contributed by atoms with Crippen LogP contribution in [-0.2, 0) is 13.0 Å². The van der Waals surface area contributed by atoms with Gasteiger partial charge in [0.2, 0.25) is 0 Å². The van der Waals surface area contributed by atoms with Crippen LogP contribution in [0.3, 0.4) is 0 Å². The highest BCUT2D eigenvalue weighted by atomic mass is 15.1. The zero-order valence-electron chi connectivity index (χ0n) is 19.2. The maximum absolute atomic E-state index is 3.58. The lowest BCUT2D eigenvalue weighted by Crippen LogP contribution is -2.17. The van der Waals surface area contributed by atoms with Gasteiger partial charge in [-0.15, -0.1) is 0 Å². The van der Waals surface area contributed by atoms with Gasteiger partial charge >= 0.3 is 0 Å². The van der Waals surface area contributed by atoms with Crippen LogP contribution >= 0.6 is 0 Å². The first-order valence-corrected chi connectivity index (χ1v) is 11.5. The Kier molecular flexibility index (Phi) is 5.45. The van der Waals surface area contributed by atoms with Gasteiger partial charge in [0.1, 0.15) is 0 Å². The molecule has 0 heterocycles. The first-order valence-electron chi connectivity index (χ1n) is 11.5. The highest BCUT2D eigenvalue weighted by Crippen LogP contribution is 2.41. The zero-order chi connectivity index (χ0) is 22.1. The lowest BCUT2D eigenvalue weighted by Gasteiger charge is -2.26. The molecule has 0 spiro atoms. The van der Waals surface area contributed by atoms with Crippen LogP contribution in [0.1, 0.15) is 34.7 Å². The summed E-state index contributed by atoms with van der Waals surface area (Å²) in [5.74, 6) is 0. The standard InChI is InChI=1S/C30H30N2/c1-4-32(30-15-10-21(2)16-22(30)3)27-13-11-24-17-25-18-26(12-14-28(25)29(24)19-27)31-20-23-8-6-5-7-9-23/h5-16,18-19,31H,4,17,20H2,1-3H3. The summed E-state index contributed by atoms with van der Waals surface area (Å²) < 4.78 is 0. The van der Waals surface area contributed by atoms with E-state index >= 15 is 0 Å². The van der Waals surface area contributed by atoms with Crippen LogP contribution in [0.5, 0.6) is 0 Å². The second-order valence-electron chi connectivity index (χ2n) is 8.76. The monoisotopic (exact) mass is 418 g/mol. The van der Waals surface area contributed by atoms with E-state index in [-0.39, 0.29) is 0 Å². The van der Waals surface area contributed by atoms with Crippen molar-refractivity contribution >= 4 is 17.1 Å². The van der Waals surface area contributed by atoms with Gasteiger partial charge in [-0.1, -0.05) is 60.2 Å². The lowest BCUT2D eigenvalue weighted by molar-refractivity contribution is 1.01. The molecule has 0 aliphatic heterocycles. The first kappa shape index (κ1) is 20.4. The van der Waals surface area contributed by atoms with Crippen LogP contribution in [0.4, 0.5) is 17.1 Å². The maximum Gasteiger partial charge on any atom is 0.0440 e. The van der Waals surface area contributed by atoms with E-state index in [0.29, 0.717) is 0 Å². The molecule has 0 radical (unpaired) electrons. The Labute approximate surface area is 191 Å². The van der Waals surface area contributed by atoms with Gasteiger partial charge in [-0.2, -0.15) is 0 Å². The first-order chi connectivity index (χ1) is 15.6. The van der Waals surface area contributed by atoms with Crippen LogP contribution in [0.2, 0.25) is 0 Å². The summed E-state index contributed by atoms with van der Waals surface area (Å²) >= 11 is 0. The molecule has 1 aliphatic carbocycles. The number of anilines is 3. The third kappa shape index (κ3) is 3.89. The molecule has 5 rings (SSSR count). The van der Waals surface area contributed by atoms with E-state index in [0.717, 1.165) is 19.5 Å². The number of hydrogen-bond acceptors (Lipinski definition) is 2. The number of nitrogens with one attached hydrogen (secondary N) is 1. The molecule has 0 saturated carbocycles. The average Bonchev–Trinajstić information content (AvgIpc) is 3.17. The number of fused-ring (bicyclic) bond motifs is 3. The van der Waals surface area contributed by atoms with Gasteiger partial charge in [0.05, 0.1) is 0 Å². The van der Waals surface area contributed by atoms with E-state index in [1.807, 2.05) is 0 Å². The normalized spacial score (nSPS) is 11.7. The third-order valence-corrected chi connectivity index (χ3v) is 6.48. The molecule has 1 aliphatic rings. The van der Waals surface area contributed by atoms with Crippen LogP contribution < -0.4 is 10.2 Å². The van der Waals surface area contributed by atoms with Crippen molar-refractivity contribution in [2.45, 2.75) is 33.7 Å². The number of nitrogens with zero attached hydrogens (tertiary/aromatic N) is 1. The summed E-state index contributed by atoms with van der Waals surface area (Å²) in [6.45, 7) is 8.38. The molecule has 0 bridgehead atoms. The quantitative estimate of drug-likeness (QED) is 0.305. The summed E-state index contributed by atoms with van der Waals surface area (Å²) in [7, 11) is 0. The molecule has 4 aromatic rings. The van der Waals surface area contributed by atoms with Crippen molar-refractivity contribution in [3.8, 4) is 11.1 Å². The summed E-state index contributed by atoms with van der Waals surface area (Å²) in [5.41, 5.74) is 13.2. The number of hydrogen-bond donors (Lipinski definition) is 1. The summed E-state index contributed by atoms with van der Waals surface area (Å²) in [6.07, 6.45) is 1.00. The average molecular weight is 419 g/mol. The molecule has 0 unspecified atom stereocenters. The van der Waals surface area contributed by atoms with E-state index in [9.17, 15) is 0 Å².